The predicted octanol–water partition coefficient (Wildman–Crippen LogP) is 4.07. The van der Waals surface area contributed by atoms with Gasteiger partial charge in [0.05, 0.1) is 4.92 Å². The number of nitrogens with zero attached hydrogens (tertiary/aromatic N) is 1. The van der Waals surface area contributed by atoms with Gasteiger partial charge in [-0.15, -0.1) is 0 Å². The van der Waals surface area contributed by atoms with E-state index in [9.17, 15) is 19.7 Å². The molecule has 3 rings (SSSR count). The third-order valence-electron chi connectivity index (χ3n) is 4.55. The summed E-state index contributed by atoms with van der Waals surface area (Å²) in [7, 11) is 0. The highest BCUT2D eigenvalue weighted by Crippen LogP contribution is 2.18. The average molecular weight is 403 g/mol. The first kappa shape index (κ1) is 20.7. The molecule has 0 unspecified atom stereocenters. The van der Waals surface area contributed by atoms with Crippen LogP contribution in [0.2, 0.25) is 0 Å². The first-order valence-corrected chi connectivity index (χ1v) is 9.33. The molecule has 0 spiro atoms. The lowest BCUT2D eigenvalue weighted by molar-refractivity contribution is -0.384. The van der Waals surface area contributed by atoms with Crippen LogP contribution in [-0.2, 0) is 0 Å². The van der Waals surface area contributed by atoms with Crippen molar-refractivity contribution in [3.8, 4) is 0 Å². The smallest absolute Gasteiger partial charge is 0.269 e. The lowest BCUT2D eigenvalue weighted by Gasteiger charge is -2.21. The van der Waals surface area contributed by atoms with E-state index < -0.39 is 11.1 Å². The van der Waals surface area contributed by atoms with Gasteiger partial charge >= 0.3 is 0 Å². The molecule has 7 heteroatoms. The Bertz CT molecular complexity index is 1030. The van der Waals surface area contributed by atoms with Crippen LogP contribution in [0.1, 0.15) is 43.6 Å². The van der Waals surface area contributed by atoms with Crippen molar-refractivity contribution in [3.63, 3.8) is 0 Å². The lowest BCUT2D eigenvalue weighted by Crippen LogP contribution is -2.41. The Morgan fingerprint density at radius 1 is 0.800 bits per heavy atom. The molecule has 0 aliphatic rings. The fourth-order valence-corrected chi connectivity index (χ4v) is 2.99. The van der Waals surface area contributed by atoms with Crippen LogP contribution in [0.25, 0.3) is 0 Å². The number of benzene rings is 3. The van der Waals surface area contributed by atoms with Crippen LogP contribution in [0.3, 0.4) is 0 Å². The Balaban J connectivity index is 1.88. The Kier molecular flexibility index (Phi) is 6.22. The second kappa shape index (κ2) is 9.00. The van der Waals surface area contributed by atoms with E-state index in [1.165, 1.54) is 24.3 Å². The summed E-state index contributed by atoms with van der Waals surface area (Å²) in [6, 6.07) is 19.8. The zero-order valence-electron chi connectivity index (χ0n) is 16.6. The first-order chi connectivity index (χ1) is 14.3. The van der Waals surface area contributed by atoms with E-state index in [2.05, 4.69) is 10.6 Å². The summed E-state index contributed by atoms with van der Waals surface area (Å²) in [6.45, 7) is 3.76. The maximum Gasteiger partial charge on any atom is 0.269 e. The van der Waals surface area contributed by atoms with Gasteiger partial charge in [-0.25, -0.2) is 0 Å². The summed E-state index contributed by atoms with van der Waals surface area (Å²) in [6.07, 6.45) is -0.869. The highest BCUT2D eigenvalue weighted by atomic mass is 16.6. The number of carbonyl (C=O) groups is 2. The summed E-state index contributed by atoms with van der Waals surface area (Å²) >= 11 is 0. The Labute approximate surface area is 173 Å². The van der Waals surface area contributed by atoms with Crippen molar-refractivity contribution in [3.05, 3.63) is 111 Å². The van der Waals surface area contributed by atoms with E-state index in [1.54, 1.807) is 36.4 Å². The molecular formula is C23H21N3O4. The molecule has 0 heterocycles. The van der Waals surface area contributed by atoms with Crippen LogP contribution in [0, 0.1) is 24.0 Å². The van der Waals surface area contributed by atoms with E-state index >= 15 is 0 Å². The maximum absolute atomic E-state index is 12.8. The van der Waals surface area contributed by atoms with Gasteiger partial charge in [0.15, 0.2) is 0 Å². The number of aryl methyl sites for hydroxylation is 2. The number of nitro groups is 1. The SMILES string of the molecule is Cc1cccc(C(=O)NC(NC(=O)c2cccc(C)c2)c2ccc([N+](=O)[O-])cc2)c1. The third-order valence-corrected chi connectivity index (χ3v) is 4.55. The summed E-state index contributed by atoms with van der Waals surface area (Å²) in [4.78, 5) is 35.9. The number of hydrogen-bond acceptors (Lipinski definition) is 4. The quantitative estimate of drug-likeness (QED) is 0.368. The number of hydrogen-bond donors (Lipinski definition) is 2. The second-order valence-electron chi connectivity index (χ2n) is 6.97. The summed E-state index contributed by atoms with van der Waals surface area (Å²) in [5, 5.41) is 16.5. The molecular weight excluding hydrogens is 382 g/mol. The fourth-order valence-electron chi connectivity index (χ4n) is 2.99. The molecule has 0 fully saturated rings. The number of non-ortho nitro benzene ring substituents is 1. The summed E-state index contributed by atoms with van der Waals surface area (Å²) in [5.74, 6) is -0.738. The average Bonchev–Trinajstić information content (AvgIpc) is 2.73. The molecule has 0 atom stereocenters. The summed E-state index contributed by atoms with van der Waals surface area (Å²) < 4.78 is 0. The van der Waals surface area contributed by atoms with Crippen molar-refractivity contribution in [2.45, 2.75) is 20.0 Å². The largest absolute Gasteiger partial charge is 0.328 e. The minimum atomic E-state index is -0.869. The van der Waals surface area contributed by atoms with E-state index in [-0.39, 0.29) is 17.5 Å². The highest BCUT2D eigenvalue weighted by molar-refractivity contribution is 5.97. The molecule has 0 saturated carbocycles. The standard InChI is InChI=1S/C23H21N3O4/c1-15-5-3-7-18(13-15)22(27)24-21(17-9-11-20(12-10-17)26(29)30)25-23(28)19-8-4-6-16(2)14-19/h3-14,21H,1-2H3,(H,24,27)(H,25,28). The molecule has 7 nitrogen and oxygen atoms in total. The molecule has 2 N–H and O–H groups in total. The molecule has 0 aliphatic heterocycles. The number of carbonyl (C=O) groups excluding carboxylic acids is 2. The van der Waals surface area contributed by atoms with Crippen molar-refractivity contribution in [2.24, 2.45) is 0 Å². The minimum Gasteiger partial charge on any atom is -0.328 e. The monoisotopic (exact) mass is 403 g/mol. The zero-order valence-corrected chi connectivity index (χ0v) is 16.6. The Morgan fingerprint density at radius 3 is 1.67 bits per heavy atom. The van der Waals surface area contributed by atoms with Crippen LogP contribution >= 0.6 is 0 Å². The molecule has 0 bridgehead atoms. The Morgan fingerprint density at radius 2 is 1.27 bits per heavy atom. The van der Waals surface area contributed by atoms with Crippen LogP contribution in [0.5, 0.6) is 0 Å². The van der Waals surface area contributed by atoms with Gasteiger partial charge in [-0.2, -0.15) is 0 Å². The van der Waals surface area contributed by atoms with E-state index in [4.69, 9.17) is 0 Å². The van der Waals surface area contributed by atoms with Crippen LogP contribution in [-0.4, -0.2) is 16.7 Å². The van der Waals surface area contributed by atoms with Crippen molar-refractivity contribution < 1.29 is 14.5 Å². The molecule has 30 heavy (non-hydrogen) atoms. The number of nitro benzene ring substituents is 1. The topological polar surface area (TPSA) is 101 Å². The van der Waals surface area contributed by atoms with Gasteiger partial charge < -0.3 is 10.6 Å². The Hall–Kier alpha value is -4.00. The number of rotatable bonds is 6. The number of nitrogens with one attached hydrogen (secondary N) is 2. The lowest BCUT2D eigenvalue weighted by atomic mass is 10.1. The van der Waals surface area contributed by atoms with Gasteiger partial charge in [-0.05, 0) is 55.8 Å². The van der Waals surface area contributed by atoms with Crippen LogP contribution < -0.4 is 10.6 Å². The van der Waals surface area contributed by atoms with Gasteiger partial charge in [-0.3, -0.25) is 19.7 Å². The molecule has 3 aromatic rings. The van der Waals surface area contributed by atoms with Gasteiger partial charge in [0.1, 0.15) is 6.17 Å². The van der Waals surface area contributed by atoms with Crippen molar-refractivity contribution >= 4 is 17.5 Å². The minimum absolute atomic E-state index is 0.0764. The van der Waals surface area contributed by atoms with Crippen LogP contribution in [0.15, 0.2) is 72.8 Å². The highest BCUT2D eigenvalue weighted by Gasteiger charge is 2.20. The van der Waals surface area contributed by atoms with E-state index in [0.717, 1.165) is 11.1 Å². The molecule has 0 saturated heterocycles. The van der Waals surface area contributed by atoms with E-state index in [1.807, 2.05) is 26.0 Å². The zero-order chi connectivity index (χ0) is 21.7. The molecule has 0 radical (unpaired) electrons. The first-order valence-electron chi connectivity index (χ1n) is 9.33. The number of amides is 2. The second-order valence-corrected chi connectivity index (χ2v) is 6.97. The van der Waals surface area contributed by atoms with Gasteiger partial charge in [0.2, 0.25) is 0 Å². The molecule has 3 aromatic carbocycles. The van der Waals surface area contributed by atoms with Gasteiger partial charge in [-0.1, -0.05) is 35.4 Å². The van der Waals surface area contributed by atoms with Crippen molar-refractivity contribution in [1.29, 1.82) is 0 Å². The maximum atomic E-state index is 12.8. The fraction of sp³-hybridized carbons (Fsp3) is 0.130. The summed E-state index contributed by atoms with van der Waals surface area (Å²) in [5.41, 5.74) is 3.20. The van der Waals surface area contributed by atoms with Crippen molar-refractivity contribution in [2.75, 3.05) is 0 Å². The normalized spacial score (nSPS) is 10.5. The predicted molar refractivity (Wildman–Crippen MR) is 113 cm³/mol. The van der Waals surface area contributed by atoms with Crippen LogP contribution in [0.4, 0.5) is 5.69 Å². The third kappa shape index (κ3) is 5.08. The molecule has 0 aromatic heterocycles. The van der Waals surface area contributed by atoms with Gasteiger partial charge in [0.25, 0.3) is 17.5 Å². The van der Waals surface area contributed by atoms with E-state index in [0.29, 0.717) is 16.7 Å². The van der Waals surface area contributed by atoms with Gasteiger partial charge in [0, 0.05) is 23.3 Å². The molecule has 152 valence electrons. The molecule has 0 aliphatic carbocycles. The van der Waals surface area contributed by atoms with Crippen molar-refractivity contribution in [1.82, 2.24) is 10.6 Å². The molecule has 2 amide bonds.